The highest BCUT2D eigenvalue weighted by Gasteiger charge is 2.23. The molecule has 3 rings (SSSR count). The number of primary amides is 1. The third-order valence-corrected chi connectivity index (χ3v) is 3.70. The number of halogens is 1. The van der Waals surface area contributed by atoms with E-state index >= 15 is 0 Å². The van der Waals surface area contributed by atoms with Crippen molar-refractivity contribution >= 4 is 11.8 Å². The Labute approximate surface area is 132 Å². The minimum atomic E-state index is -0.723. The summed E-state index contributed by atoms with van der Waals surface area (Å²) in [6.45, 7) is 0.817. The zero-order valence-corrected chi connectivity index (χ0v) is 12.3. The first-order chi connectivity index (χ1) is 11.0. The van der Waals surface area contributed by atoms with Gasteiger partial charge in [-0.15, -0.1) is 0 Å². The van der Waals surface area contributed by atoms with Gasteiger partial charge < -0.3 is 10.6 Å². The summed E-state index contributed by atoms with van der Waals surface area (Å²) in [4.78, 5) is 33.0. The molecule has 2 aromatic rings. The molecule has 2 N–H and O–H groups in total. The van der Waals surface area contributed by atoms with Gasteiger partial charge in [0.2, 0.25) is 11.7 Å². The van der Waals surface area contributed by atoms with Gasteiger partial charge >= 0.3 is 0 Å². The number of hydrogen-bond donors (Lipinski definition) is 1. The summed E-state index contributed by atoms with van der Waals surface area (Å²) in [5.74, 6) is -1.24. The Morgan fingerprint density at radius 2 is 2.04 bits per heavy atom. The molecule has 1 aromatic carbocycles. The predicted molar refractivity (Wildman–Crippen MR) is 78.6 cm³/mol. The van der Waals surface area contributed by atoms with Crippen LogP contribution in [0.2, 0.25) is 0 Å². The van der Waals surface area contributed by atoms with Crippen LogP contribution >= 0.6 is 0 Å². The first kappa shape index (κ1) is 15.1. The largest absolute Gasteiger partial charge is 0.363 e. The third kappa shape index (κ3) is 3.33. The Morgan fingerprint density at radius 3 is 2.74 bits per heavy atom. The van der Waals surface area contributed by atoms with Gasteiger partial charge in [0.1, 0.15) is 5.82 Å². The number of rotatable bonds is 3. The summed E-state index contributed by atoms with van der Waals surface area (Å²) in [5.41, 5.74) is 7.29. The second-order valence-corrected chi connectivity index (χ2v) is 5.32. The lowest BCUT2D eigenvalue weighted by Gasteiger charge is -2.28. The fraction of sp³-hybridized carbons (Fsp3) is 0.250. The molecule has 6 nitrogen and oxygen atoms in total. The molecule has 0 saturated carbocycles. The van der Waals surface area contributed by atoms with E-state index in [0.717, 1.165) is 11.1 Å². The number of benzene rings is 1. The lowest BCUT2D eigenvalue weighted by Crippen LogP contribution is -2.38. The van der Waals surface area contributed by atoms with Crippen molar-refractivity contribution in [3.63, 3.8) is 0 Å². The molecule has 7 heteroatoms. The molecule has 23 heavy (non-hydrogen) atoms. The van der Waals surface area contributed by atoms with Gasteiger partial charge in [-0.1, -0.05) is 12.1 Å². The highest BCUT2D eigenvalue weighted by molar-refractivity contribution is 5.88. The molecule has 0 atom stereocenters. The summed E-state index contributed by atoms with van der Waals surface area (Å²) in [7, 11) is 0. The van der Waals surface area contributed by atoms with E-state index in [0.29, 0.717) is 18.7 Å². The molecular formula is C16H14FN4O2. The molecule has 117 valence electrons. The normalized spacial score (nSPS) is 13.5. The summed E-state index contributed by atoms with van der Waals surface area (Å²) < 4.78 is 12.9. The van der Waals surface area contributed by atoms with Crippen LogP contribution in [0.3, 0.4) is 0 Å². The van der Waals surface area contributed by atoms with E-state index in [4.69, 9.17) is 5.73 Å². The zero-order chi connectivity index (χ0) is 16.4. The standard InChI is InChI=1S/C16H14FN4O2/c17-12-3-1-10(2-4-12)7-14(22)21-6-5-11-8-19-16(15(18)23)20-13(11)9-21/h1-4H,5-7,9H2,(H2,18,23). The topological polar surface area (TPSA) is 89.2 Å². The van der Waals surface area contributed by atoms with Gasteiger partial charge in [-0.3, -0.25) is 9.59 Å². The molecule has 2 amide bonds. The van der Waals surface area contributed by atoms with E-state index in [9.17, 15) is 14.0 Å². The monoisotopic (exact) mass is 313 g/mol. The number of carbonyl (C=O) groups is 2. The molecular weight excluding hydrogens is 299 g/mol. The molecule has 1 aliphatic heterocycles. The van der Waals surface area contributed by atoms with Crippen LogP contribution in [0.1, 0.15) is 27.4 Å². The number of amides is 2. The molecule has 1 aliphatic rings. The van der Waals surface area contributed by atoms with Crippen LogP contribution in [0.25, 0.3) is 0 Å². The third-order valence-electron chi connectivity index (χ3n) is 3.70. The molecule has 0 saturated heterocycles. The maximum Gasteiger partial charge on any atom is 0.286 e. The van der Waals surface area contributed by atoms with Gasteiger partial charge in [0.25, 0.3) is 5.91 Å². The van der Waals surface area contributed by atoms with Crippen LogP contribution < -0.4 is 5.73 Å². The molecule has 0 unspecified atom stereocenters. The van der Waals surface area contributed by atoms with E-state index in [1.165, 1.54) is 12.1 Å². The lowest BCUT2D eigenvalue weighted by atomic mass is 10.1. The van der Waals surface area contributed by atoms with Crippen molar-refractivity contribution in [2.75, 3.05) is 6.54 Å². The van der Waals surface area contributed by atoms with Crippen molar-refractivity contribution < 1.29 is 14.0 Å². The lowest BCUT2D eigenvalue weighted by molar-refractivity contribution is -0.131. The highest BCUT2D eigenvalue weighted by Crippen LogP contribution is 2.17. The summed E-state index contributed by atoms with van der Waals surface area (Å²) in [6, 6.07) is 5.84. The van der Waals surface area contributed by atoms with E-state index < -0.39 is 5.91 Å². The molecule has 1 aromatic heterocycles. The van der Waals surface area contributed by atoms with Crippen LogP contribution in [0.15, 0.2) is 24.3 Å². The number of fused-ring (bicyclic) bond motifs is 1. The van der Waals surface area contributed by atoms with E-state index in [1.54, 1.807) is 17.0 Å². The minimum Gasteiger partial charge on any atom is -0.363 e. The molecule has 0 spiro atoms. The Hall–Kier alpha value is -2.83. The van der Waals surface area contributed by atoms with Crippen molar-refractivity contribution in [3.8, 4) is 0 Å². The second kappa shape index (κ2) is 6.12. The summed E-state index contributed by atoms with van der Waals surface area (Å²) >= 11 is 0. The Bertz CT molecular complexity index is 761. The first-order valence-electron chi connectivity index (χ1n) is 7.12. The van der Waals surface area contributed by atoms with Crippen LogP contribution in [-0.2, 0) is 24.2 Å². The average Bonchev–Trinajstić information content (AvgIpc) is 2.55. The molecule has 0 aliphatic carbocycles. The van der Waals surface area contributed by atoms with Crippen molar-refractivity contribution in [1.82, 2.24) is 14.9 Å². The molecule has 2 heterocycles. The number of carbonyl (C=O) groups excluding carboxylic acids is 2. The minimum absolute atomic E-state index is 0.0819. The smallest absolute Gasteiger partial charge is 0.286 e. The van der Waals surface area contributed by atoms with Crippen molar-refractivity contribution in [1.29, 1.82) is 0 Å². The quantitative estimate of drug-likeness (QED) is 0.900. The molecule has 0 fully saturated rings. The second-order valence-electron chi connectivity index (χ2n) is 5.32. The van der Waals surface area contributed by atoms with Crippen LogP contribution in [0, 0.1) is 12.0 Å². The first-order valence-corrected chi connectivity index (χ1v) is 7.12. The maximum absolute atomic E-state index is 12.9. The SMILES string of the molecule is NC(=O)c1n[c]c2c(n1)CN(C(=O)Cc1ccc(F)cc1)CC2. The Morgan fingerprint density at radius 1 is 1.30 bits per heavy atom. The van der Waals surface area contributed by atoms with Gasteiger partial charge in [0, 0.05) is 12.1 Å². The van der Waals surface area contributed by atoms with E-state index in [1.807, 2.05) is 0 Å². The van der Waals surface area contributed by atoms with E-state index in [-0.39, 0.29) is 30.5 Å². The fourth-order valence-corrected chi connectivity index (χ4v) is 2.45. The molecule has 0 bridgehead atoms. The number of nitrogens with zero attached hydrogens (tertiary/aromatic N) is 3. The van der Waals surface area contributed by atoms with Gasteiger partial charge in [0.05, 0.1) is 24.9 Å². The number of nitrogens with two attached hydrogens (primary N) is 1. The molecule has 1 radical (unpaired) electrons. The number of aromatic nitrogens is 2. The number of hydrogen-bond acceptors (Lipinski definition) is 4. The predicted octanol–water partition coefficient (Wildman–Crippen LogP) is 0.642. The Balaban J connectivity index is 1.73. The van der Waals surface area contributed by atoms with Gasteiger partial charge in [0.15, 0.2) is 0 Å². The highest BCUT2D eigenvalue weighted by atomic mass is 19.1. The van der Waals surface area contributed by atoms with E-state index in [2.05, 4.69) is 16.2 Å². The summed E-state index contributed by atoms with van der Waals surface area (Å²) in [6.07, 6.45) is 3.52. The zero-order valence-electron chi connectivity index (χ0n) is 12.3. The van der Waals surface area contributed by atoms with Crippen LogP contribution in [-0.4, -0.2) is 33.2 Å². The van der Waals surface area contributed by atoms with Gasteiger partial charge in [-0.25, -0.2) is 14.4 Å². The maximum atomic E-state index is 12.9. The average molecular weight is 313 g/mol. The summed E-state index contributed by atoms with van der Waals surface area (Å²) in [5, 5.41) is 0. The van der Waals surface area contributed by atoms with Gasteiger partial charge in [-0.05, 0) is 24.1 Å². The van der Waals surface area contributed by atoms with Crippen molar-refractivity contribution in [2.45, 2.75) is 19.4 Å². The van der Waals surface area contributed by atoms with Crippen molar-refractivity contribution in [2.24, 2.45) is 5.73 Å². The Kier molecular flexibility index (Phi) is 4.01. The van der Waals surface area contributed by atoms with Crippen LogP contribution in [0.5, 0.6) is 0 Å². The van der Waals surface area contributed by atoms with Crippen molar-refractivity contribution in [3.05, 3.63) is 58.9 Å². The van der Waals surface area contributed by atoms with Crippen LogP contribution in [0.4, 0.5) is 4.39 Å². The van der Waals surface area contributed by atoms with Gasteiger partial charge in [-0.2, -0.15) is 0 Å². The fourth-order valence-electron chi connectivity index (χ4n) is 2.45.